The summed E-state index contributed by atoms with van der Waals surface area (Å²) >= 11 is 3.27. The Morgan fingerprint density at radius 3 is 3.11 bits per heavy atom. The first-order chi connectivity index (χ1) is 8.65. The molecule has 1 aromatic rings. The van der Waals surface area contributed by atoms with Gasteiger partial charge in [0.2, 0.25) is 5.91 Å². The third-order valence-electron chi connectivity index (χ3n) is 2.92. The van der Waals surface area contributed by atoms with Crippen LogP contribution in [0.3, 0.4) is 0 Å². The Labute approximate surface area is 114 Å². The number of amides is 1. The molecule has 1 aliphatic heterocycles. The summed E-state index contributed by atoms with van der Waals surface area (Å²) < 4.78 is 19.6. The molecule has 1 saturated heterocycles. The summed E-state index contributed by atoms with van der Waals surface area (Å²) in [6.07, 6.45) is 2.32. The number of rotatable bonds is 4. The third-order valence-corrected chi connectivity index (χ3v) is 3.41. The van der Waals surface area contributed by atoms with Gasteiger partial charge in [-0.1, -0.05) is 15.9 Å². The van der Waals surface area contributed by atoms with Crippen LogP contribution in [0.1, 0.15) is 24.8 Å². The Kier molecular flexibility index (Phi) is 4.72. The molecule has 98 valence electrons. The summed E-state index contributed by atoms with van der Waals surface area (Å²) in [7, 11) is 0. The number of hydrogen-bond donors (Lipinski definition) is 1. The van der Waals surface area contributed by atoms with Crippen molar-refractivity contribution < 1.29 is 13.9 Å². The lowest BCUT2D eigenvalue weighted by Gasteiger charge is -2.10. The maximum atomic E-state index is 13.4. The van der Waals surface area contributed by atoms with E-state index < -0.39 is 0 Å². The van der Waals surface area contributed by atoms with E-state index >= 15 is 0 Å². The molecule has 18 heavy (non-hydrogen) atoms. The summed E-state index contributed by atoms with van der Waals surface area (Å²) in [5.74, 6) is -0.406. The fraction of sp³-hybridized carbons (Fsp3) is 0.462. The second-order valence-corrected chi connectivity index (χ2v) is 5.27. The fourth-order valence-electron chi connectivity index (χ4n) is 1.96. The van der Waals surface area contributed by atoms with Crippen LogP contribution in [-0.4, -0.2) is 18.6 Å². The molecule has 1 N–H and O–H groups in total. The van der Waals surface area contributed by atoms with Crippen molar-refractivity contribution in [1.29, 1.82) is 0 Å². The molecule has 2 rings (SSSR count). The first-order valence-corrected chi connectivity index (χ1v) is 6.76. The molecule has 1 heterocycles. The van der Waals surface area contributed by atoms with Gasteiger partial charge in [-0.3, -0.25) is 4.79 Å². The summed E-state index contributed by atoms with van der Waals surface area (Å²) in [6.45, 7) is 0.940. The molecule has 1 atom stereocenters. The van der Waals surface area contributed by atoms with E-state index in [1.165, 1.54) is 6.07 Å². The number of ether oxygens (including phenoxy) is 1. The quantitative estimate of drug-likeness (QED) is 0.928. The van der Waals surface area contributed by atoms with Crippen LogP contribution in [0.15, 0.2) is 22.7 Å². The van der Waals surface area contributed by atoms with E-state index in [9.17, 15) is 9.18 Å². The van der Waals surface area contributed by atoms with Crippen LogP contribution in [0.4, 0.5) is 4.39 Å². The maximum absolute atomic E-state index is 13.4. The van der Waals surface area contributed by atoms with E-state index in [1.807, 2.05) is 0 Å². The minimum Gasteiger partial charge on any atom is -0.378 e. The Morgan fingerprint density at radius 2 is 2.39 bits per heavy atom. The molecule has 0 aliphatic carbocycles. The molecule has 3 nitrogen and oxygen atoms in total. The van der Waals surface area contributed by atoms with Crippen molar-refractivity contribution in [3.05, 3.63) is 34.1 Å². The molecule has 1 aromatic carbocycles. The number of benzene rings is 1. The zero-order valence-corrected chi connectivity index (χ0v) is 11.5. The molecule has 5 heteroatoms. The Bertz CT molecular complexity index is 433. The predicted molar refractivity (Wildman–Crippen MR) is 69.5 cm³/mol. The van der Waals surface area contributed by atoms with Gasteiger partial charge in [0.15, 0.2) is 0 Å². The van der Waals surface area contributed by atoms with Crippen LogP contribution >= 0.6 is 15.9 Å². The van der Waals surface area contributed by atoms with Crippen LogP contribution in [-0.2, 0) is 16.1 Å². The van der Waals surface area contributed by atoms with Crippen molar-refractivity contribution in [2.75, 3.05) is 6.61 Å². The third kappa shape index (κ3) is 3.78. The highest BCUT2D eigenvalue weighted by atomic mass is 79.9. The van der Waals surface area contributed by atoms with E-state index in [-0.39, 0.29) is 24.4 Å². The lowest BCUT2D eigenvalue weighted by Crippen LogP contribution is -2.27. The highest BCUT2D eigenvalue weighted by Gasteiger charge is 2.18. The molecule has 1 aliphatic rings. The van der Waals surface area contributed by atoms with Crippen molar-refractivity contribution in [2.45, 2.75) is 31.9 Å². The van der Waals surface area contributed by atoms with Crippen LogP contribution in [0, 0.1) is 5.82 Å². The average Bonchev–Trinajstić information content (AvgIpc) is 2.83. The molecule has 0 spiro atoms. The van der Waals surface area contributed by atoms with Gasteiger partial charge in [-0.25, -0.2) is 4.39 Å². The molecule has 0 bridgehead atoms. The van der Waals surface area contributed by atoms with E-state index in [0.717, 1.165) is 23.9 Å². The van der Waals surface area contributed by atoms with Gasteiger partial charge in [0.05, 0.1) is 12.5 Å². The Balaban J connectivity index is 1.83. The molecular formula is C13H15BrFNO2. The minimum absolute atomic E-state index is 0.0253. The molecule has 1 amide bonds. The summed E-state index contributed by atoms with van der Waals surface area (Å²) in [6, 6.07) is 4.68. The lowest BCUT2D eigenvalue weighted by molar-refractivity contribution is -0.123. The monoisotopic (exact) mass is 315 g/mol. The lowest BCUT2D eigenvalue weighted by atomic mass is 10.1. The van der Waals surface area contributed by atoms with Crippen LogP contribution in [0.25, 0.3) is 0 Å². The number of carbonyl (C=O) groups is 1. The summed E-state index contributed by atoms with van der Waals surface area (Å²) in [4.78, 5) is 11.6. The van der Waals surface area contributed by atoms with E-state index in [1.54, 1.807) is 12.1 Å². The van der Waals surface area contributed by atoms with Crippen molar-refractivity contribution in [3.8, 4) is 0 Å². The second-order valence-electron chi connectivity index (χ2n) is 4.35. The number of carbonyl (C=O) groups excluding carboxylic acids is 1. The Hall–Kier alpha value is -0.940. The average molecular weight is 316 g/mol. The first kappa shape index (κ1) is 13.5. The van der Waals surface area contributed by atoms with Gasteiger partial charge in [0, 0.05) is 23.2 Å². The summed E-state index contributed by atoms with van der Waals surface area (Å²) in [5, 5.41) is 2.71. The van der Waals surface area contributed by atoms with Crippen LogP contribution < -0.4 is 5.32 Å². The minimum atomic E-state index is -0.310. The van der Waals surface area contributed by atoms with Gasteiger partial charge in [-0.15, -0.1) is 0 Å². The van der Waals surface area contributed by atoms with Crippen molar-refractivity contribution in [3.63, 3.8) is 0 Å². The van der Waals surface area contributed by atoms with Crippen molar-refractivity contribution >= 4 is 21.8 Å². The van der Waals surface area contributed by atoms with Gasteiger partial charge in [0.1, 0.15) is 5.82 Å². The molecule has 0 radical (unpaired) electrons. The van der Waals surface area contributed by atoms with E-state index in [2.05, 4.69) is 21.2 Å². The first-order valence-electron chi connectivity index (χ1n) is 5.97. The SMILES string of the molecule is O=C(CC1CCCO1)NCc1cc(Br)ccc1F. The number of nitrogens with one attached hydrogen (secondary N) is 1. The highest BCUT2D eigenvalue weighted by molar-refractivity contribution is 9.10. The normalized spacial score (nSPS) is 18.9. The van der Waals surface area contributed by atoms with Crippen molar-refractivity contribution in [2.24, 2.45) is 0 Å². The zero-order valence-electron chi connectivity index (χ0n) is 9.92. The topological polar surface area (TPSA) is 38.3 Å². The van der Waals surface area contributed by atoms with Gasteiger partial charge < -0.3 is 10.1 Å². The van der Waals surface area contributed by atoms with Crippen LogP contribution in [0.2, 0.25) is 0 Å². The standard InChI is InChI=1S/C13H15BrFNO2/c14-10-3-4-12(15)9(6-10)8-16-13(17)7-11-2-1-5-18-11/h3-4,6,11H,1-2,5,7-8H2,(H,16,17). The molecule has 1 unspecified atom stereocenters. The van der Waals surface area contributed by atoms with Gasteiger partial charge in [-0.2, -0.15) is 0 Å². The Morgan fingerprint density at radius 1 is 1.56 bits per heavy atom. The molecule has 0 saturated carbocycles. The highest BCUT2D eigenvalue weighted by Crippen LogP contribution is 2.17. The molecule has 1 fully saturated rings. The number of halogens is 2. The smallest absolute Gasteiger partial charge is 0.222 e. The fourth-order valence-corrected chi connectivity index (χ4v) is 2.37. The van der Waals surface area contributed by atoms with Gasteiger partial charge in [-0.05, 0) is 31.0 Å². The predicted octanol–water partition coefficient (Wildman–Crippen LogP) is 2.77. The van der Waals surface area contributed by atoms with Crippen molar-refractivity contribution in [1.82, 2.24) is 5.32 Å². The second kappa shape index (κ2) is 6.29. The summed E-state index contributed by atoms with van der Waals surface area (Å²) in [5.41, 5.74) is 0.477. The molecule has 0 aromatic heterocycles. The van der Waals surface area contributed by atoms with Gasteiger partial charge >= 0.3 is 0 Å². The number of hydrogen-bond acceptors (Lipinski definition) is 2. The molecular weight excluding hydrogens is 301 g/mol. The largest absolute Gasteiger partial charge is 0.378 e. The van der Waals surface area contributed by atoms with E-state index in [4.69, 9.17) is 4.74 Å². The van der Waals surface area contributed by atoms with Crippen LogP contribution in [0.5, 0.6) is 0 Å². The zero-order chi connectivity index (χ0) is 13.0. The maximum Gasteiger partial charge on any atom is 0.222 e. The van der Waals surface area contributed by atoms with E-state index in [0.29, 0.717) is 12.0 Å². The van der Waals surface area contributed by atoms with Gasteiger partial charge in [0.25, 0.3) is 0 Å².